The molecule has 0 aliphatic heterocycles. The third-order valence-corrected chi connectivity index (χ3v) is 0.741. The highest BCUT2D eigenvalue weighted by Crippen LogP contribution is 1.91. The first kappa shape index (κ1) is 8.94. The normalized spacial score (nSPS) is 11.9. The Kier molecular flexibility index (Phi) is 3.46. The lowest BCUT2D eigenvalue weighted by Crippen LogP contribution is -2.17. The summed E-state index contributed by atoms with van der Waals surface area (Å²) in [5, 5.41) is 11.8. The van der Waals surface area contributed by atoms with Gasteiger partial charge in [0.2, 0.25) is 6.10 Å². The van der Waals surface area contributed by atoms with Crippen molar-refractivity contribution in [2.45, 2.75) is 26.9 Å². The molecule has 0 saturated heterocycles. The maximum Gasteiger partial charge on any atom is 0.347 e. The van der Waals surface area contributed by atoms with E-state index in [4.69, 9.17) is 5.11 Å². The fourth-order valence-electron chi connectivity index (χ4n) is 0.230. The zero-order chi connectivity index (χ0) is 8.15. The third kappa shape index (κ3) is 3.88. The number of carboxylic acids is 1. The minimum atomic E-state index is -1.01. The van der Waals surface area contributed by atoms with E-state index in [9.17, 15) is 4.79 Å². The van der Waals surface area contributed by atoms with Crippen molar-refractivity contribution >= 4 is 11.7 Å². The predicted octanol–water partition coefficient (Wildman–Crippen LogP) is 0.872. The molecule has 0 amide bonds. The highest BCUT2D eigenvalue weighted by molar-refractivity contribution is 5.78. The minimum Gasteiger partial charge on any atom is -0.478 e. The molecule has 0 spiro atoms. The van der Waals surface area contributed by atoms with Crippen LogP contribution in [-0.2, 0) is 9.63 Å². The largest absolute Gasteiger partial charge is 0.478 e. The van der Waals surface area contributed by atoms with Gasteiger partial charge in [0.15, 0.2) is 0 Å². The molecule has 0 aromatic rings. The molecule has 4 heteroatoms. The maximum atomic E-state index is 10.1. The van der Waals surface area contributed by atoms with Gasteiger partial charge in [-0.15, -0.1) is 0 Å². The third-order valence-electron chi connectivity index (χ3n) is 0.741. The Hall–Kier alpha value is -1.06. The second-order valence-corrected chi connectivity index (χ2v) is 2.12. The zero-order valence-corrected chi connectivity index (χ0v) is 6.29. The first-order chi connectivity index (χ1) is 4.54. The SMILES string of the molecule is CC(C)=NO[C@H](C)C(=O)O. The van der Waals surface area contributed by atoms with Crippen molar-refractivity contribution in [1.29, 1.82) is 0 Å². The summed E-state index contributed by atoms with van der Waals surface area (Å²) in [4.78, 5) is 14.7. The quantitative estimate of drug-likeness (QED) is 0.473. The number of rotatable bonds is 3. The van der Waals surface area contributed by atoms with Crippen molar-refractivity contribution in [3.05, 3.63) is 0 Å². The lowest BCUT2D eigenvalue weighted by atomic mass is 10.4. The number of carboxylic acid groups (broad SMARTS) is 1. The van der Waals surface area contributed by atoms with Crippen LogP contribution in [0.3, 0.4) is 0 Å². The molecule has 1 atom stereocenters. The molecule has 0 rings (SSSR count). The fraction of sp³-hybridized carbons (Fsp3) is 0.667. The molecule has 4 nitrogen and oxygen atoms in total. The molecule has 0 aliphatic rings. The van der Waals surface area contributed by atoms with Crippen molar-refractivity contribution in [1.82, 2.24) is 0 Å². The Morgan fingerprint density at radius 3 is 2.40 bits per heavy atom. The van der Waals surface area contributed by atoms with Gasteiger partial charge in [-0.25, -0.2) is 4.79 Å². The molecule has 0 fully saturated rings. The van der Waals surface area contributed by atoms with Crippen LogP contribution in [0.15, 0.2) is 5.16 Å². The van der Waals surface area contributed by atoms with Crippen LogP contribution in [0, 0.1) is 0 Å². The van der Waals surface area contributed by atoms with Gasteiger partial charge in [0, 0.05) is 0 Å². The maximum absolute atomic E-state index is 10.1. The Morgan fingerprint density at radius 2 is 2.10 bits per heavy atom. The highest BCUT2D eigenvalue weighted by Gasteiger charge is 2.10. The van der Waals surface area contributed by atoms with E-state index < -0.39 is 12.1 Å². The van der Waals surface area contributed by atoms with E-state index in [2.05, 4.69) is 9.99 Å². The van der Waals surface area contributed by atoms with Crippen LogP contribution in [0.1, 0.15) is 20.8 Å². The number of nitrogens with zero attached hydrogens (tertiary/aromatic N) is 1. The standard InChI is InChI=1S/C6H11NO3/c1-4(2)7-10-5(3)6(8)9/h5H,1-3H3,(H,8,9)/t5-/m1/s1. The van der Waals surface area contributed by atoms with Gasteiger partial charge in [0.25, 0.3) is 0 Å². The monoisotopic (exact) mass is 145 g/mol. The Morgan fingerprint density at radius 1 is 1.60 bits per heavy atom. The smallest absolute Gasteiger partial charge is 0.347 e. The Bertz CT molecular complexity index is 149. The van der Waals surface area contributed by atoms with E-state index in [0.29, 0.717) is 5.71 Å². The zero-order valence-electron chi connectivity index (χ0n) is 6.29. The van der Waals surface area contributed by atoms with Gasteiger partial charge in [-0.05, 0) is 20.8 Å². The number of carbonyl (C=O) groups is 1. The van der Waals surface area contributed by atoms with Gasteiger partial charge >= 0.3 is 5.97 Å². The highest BCUT2D eigenvalue weighted by atomic mass is 16.6. The molecule has 0 aliphatic carbocycles. The van der Waals surface area contributed by atoms with E-state index in [1.165, 1.54) is 6.92 Å². The molecule has 0 bridgehead atoms. The predicted molar refractivity (Wildman–Crippen MR) is 37.0 cm³/mol. The molecular weight excluding hydrogens is 134 g/mol. The van der Waals surface area contributed by atoms with Gasteiger partial charge in [0.05, 0.1) is 5.71 Å². The molecule has 10 heavy (non-hydrogen) atoms. The van der Waals surface area contributed by atoms with E-state index in [0.717, 1.165) is 0 Å². The summed E-state index contributed by atoms with van der Waals surface area (Å²) in [6, 6.07) is 0. The van der Waals surface area contributed by atoms with Crippen LogP contribution >= 0.6 is 0 Å². The molecule has 58 valence electrons. The van der Waals surface area contributed by atoms with Crippen molar-refractivity contribution in [3.8, 4) is 0 Å². The summed E-state index contributed by atoms with van der Waals surface area (Å²) in [5.74, 6) is -1.01. The average molecular weight is 145 g/mol. The van der Waals surface area contributed by atoms with Gasteiger partial charge in [0.1, 0.15) is 0 Å². The molecule has 1 N–H and O–H groups in total. The lowest BCUT2D eigenvalue weighted by Gasteiger charge is -2.02. The van der Waals surface area contributed by atoms with Crippen LogP contribution in [-0.4, -0.2) is 22.9 Å². The van der Waals surface area contributed by atoms with Gasteiger partial charge < -0.3 is 9.94 Å². The van der Waals surface area contributed by atoms with Gasteiger partial charge in [-0.2, -0.15) is 0 Å². The fourth-order valence-corrected chi connectivity index (χ4v) is 0.230. The number of hydrogen-bond acceptors (Lipinski definition) is 3. The second kappa shape index (κ2) is 3.87. The molecule has 0 radical (unpaired) electrons. The molecular formula is C6H11NO3. The van der Waals surface area contributed by atoms with Crippen LogP contribution in [0.2, 0.25) is 0 Å². The summed E-state index contributed by atoms with van der Waals surface area (Å²) < 4.78 is 0. The lowest BCUT2D eigenvalue weighted by molar-refractivity contribution is -0.149. The summed E-state index contributed by atoms with van der Waals surface area (Å²) in [7, 11) is 0. The van der Waals surface area contributed by atoms with E-state index in [1.54, 1.807) is 13.8 Å². The van der Waals surface area contributed by atoms with Crippen molar-refractivity contribution in [2.75, 3.05) is 0 Å². The average Bonchev–Trinajstić information content (AvgIpc) is 1.82. The van der Waals surface area contributed by atoms with Crippen molar-refractivity contribution < 1.29 is 14.7 Å². The van der Waals surface area contributed by atoms with Crippen LogP contribution < -0.4 is 0 Å². The molecule has 0 unspecified atom stereocenters. The van der Waals surface area contributed by atoms with Crippen LogP contribution in [0.25, 0.3) is 0 Å². The van der Waals surface area contributed by atoms with Gasteiger partial charge in [-0.3, -0.25) is 0 Å². The van der Waals surface area contributed by atoms with Crippen LogP contribution in [0.4, 0.5) is 0 Å². The molecule has 0 heterocycles. The van der Waals surface area contributed by atoms with E-state index in [1.807, 2.05) is 0 Å². The molecule has 0 saturated carbocycles. The van der Waals surface area contributed by atoms with E-state index >= 15 is 0 Å². The number of hydrogen-bond donors (Lipinski definition) is 1. The van der Waals surface area contributed by atoms with Crippen molar-refractivity contribution in [3.63, 3.8) is 0 Å². The topological polar surface area (TPSA) is 58.9 Å². The number of aliphatic carboxylic acids is 1. The van der Waals surface area contributed by atoms with Crippen molar-refractivity contribution in [2.24, 2.45) is 5.16 Å². The second-order valence-electron chi connectivity index (χ2n) is 2.12. The number of oxime groups is 1. The summed E-state index contributed by atoms with van der Waals surface area (Å²) in [6.07, 6.45) is -0.866. The van der Waals surface area contributed by atoms with Crippen LogP contribution in [0.5, 0.6) is 0 Å². The summed E-state index contributed by atoms with van der Waals surface area (Å²) >= 11 is 0. The first-order valence-corrected chi connectivity index (χ1v) is 2.94. The molecule has 0 aromatic carbocycles. The summed E-state index contributed by atoms with van der Waals surface area (Å²) in [6.45, 7) is 4.89. The first-order valence-electron chi connectivity index (χ1n) is 2.94. The minimum absolute atomic E-state index is 0.702. The Balaban J connectivity index is 3.70. The van der Waals surface area contributed by atoms with E-state index in [-0.39, 0.29) is 0 Å². The molecule has 0 aromatic heterocycles. The van der Waals surface area contributed by atoms with Gasteiger partial charge in [-0.1, -0.05) is 5.16 Å². The summed E-state index contributed by atoms with van der Waals surface area (Å²) in [5.41, 5.74) is 0.702. The Labute approximate surface area is 59.5 Å².